The molecule has 2 fully saturated rings. The summed E-state index contributed by atoms with van der Waals surface area (Å²) in [6.45, 7) is 0. The number of sulfonamides is 1. The van der Waals surface area contributed by atoms with Crippen LogP contribution in [-0.4, -0.2) is 31.6 Å². The number of hydrogen-bond donors (Lipinski definition) is 1. The van der Waals surface area contributed by atoms with Gasteiger partial charge >= 0.3 is 0 Å². The van der Waals surface area contributed by atoms with Gasteiger partial charge in [-0.2, -0.15) is 0 Å². The molecule has 1 aliphatic heterocycles. The predicted octanol–water partition coefficient (Wildman–Crippen LogP) is 0.803. The summed E-state index contributed by atoms with van der Waals surface area (Å²) >= 11 is 0. The van der Waals surface area contributed by atoms with Crippen LogP contribution in [0.15, 0.2) is 29.2 Å². The fourth-order valence-electron chi connectivity index (χ4n) is 2.47. The number of hydrogen-bond acceptors (Lipinski definition) is 5. The first-order valence-electron chi connectivity index (χ1n) is 5.88. The standard InChI is InChI=1S/C11H12N2O5S/c14-13(15)8-3-1-2-4-11(8)19(16,17)12-7-5-9-10(6-7)18-9/h1-4,7,9-10,12H,5-6H2/t7?,9-,10+. The lowest BCUT2D eigenvalue weighted by Crippen LogP contribution is -2.34. The molecule has 1 unspecified atom stereocenters. The molecule has 19 heavy (non-hydrogen) atoms. The first-order chi connectivity index (χ1) is 8.97. The molecule has 102 valence electrons. The van der Waals surface area contributed by atoms with Crippen LogP contribution in [0.2, 0.25) is 0 Å². The molecule has 0 amide bonds. The van der Waals surface area contributed by atoms with Crippen molar-refractivity contribution in [3.63, 3.8) is 0 Å². The average Bonchev–Trinajstić information content (AvgIpc) is 2.96. The zero-order valence-electron chi connectivity index (χ0n) is 9.85. The van der Waals surface area contributed by atoms with Crippen LogP contribution >= 0.6 is 0 Å². The lowest BCUT2D eigenvalue weighted by molar-refractivity contribution is -0.387. The van der Waals surface area contributed by atoms with Crippen molar-refractivity contribution in [2.75, 3.05) is 0 Å². The fourth-order valence-corrected chi connectivity index (χ4v) is 3.90. The highest BCUT2D eigenvalue weighted by molar-refractivity contribution is 7.89. The Morgan fingerprint density at radius 2 is 1.89 bits per heavy atom. The monoisotopic (exact) mass is 284 g/mol. The summed E-state index contributed by atoms with van der Waals surface area (Å²) in [5, 5.41) is 10.9. The molecule has 1 saturated heterocycles. The molecule has 0 bridgehead atoms. The van der Waals surface area contributed by atoms with Crippen LogP contribution in [0, 0.1) is 10.1 Å². The molecule has 0 spiro atoms. The van der Waals surface area contributed by atoms with E-state index in [0.717, 1.165) is 0 Å². The van der Waals surface area contributed by atoms with Crippen LogP contribution < -0.4 is 4.72 Å². The van der Waals surface area contributed by atoms with E-state index in [2.05, 4.69) is 4.72 Å². The molecule has 1 aromatic rings. The Kier molecular flexibility index (Phi) is 2.80. The van der Waals surface area contributed by atoms with Gasteiger partial charge in [0, 0.05) is 12.1 Å². The SMILES string of the molecule is O=[N+]([O-])c1ccccc1S(=O)(=O)NC1C[C@@H]2O[C@@H]2C1. The third-order valence-corrected chi connectivity index (χ3v) is 4.96. The summed E-state index contributed by atoms with van der Waals surface area (Å²) in [5.41, 5.74) is -0.408. The number of nitrogens with zero attached hydrogens (tertiary/aromatic N) is 1. The Morgan fingerprint density at radius 3 is 2.53 bits per heavy atom. The quantitative estimate of drug-likeness (QED) is 0.500. The van der Waals surface area contributed by atoms with Crippen LogP contribution in [0.5, 0.6) is 0 Å². The Labute approximate surface area is 109 Å². The van der Waals surface area contributed by atoms with Crippen molar-refractivity contribution in [2.24, 2.45) is 0 Å². The van der Waals surface area contributed by atoms with E-state index >= 15 is 0 Å². The van der Waals surface area contributed by atoms with Crippen LogP contribution in [0.25, 0.3) is 0 Å². The average molecular weight is 284 g/mol. The van der Waals surface area contributed by atoms with Crippen LogP contribution in [0.4, 0.5) is 5.69 Å². The number of ether oxygens (including phenoxy) is 1. The zero-order valence-corrected chi connectivity index (χ0v) is 10.7. The van der Waals surface area contributed by atoms with Crippen LogP contribution in [-0.2, 0) is 14.8 Å². The Bertz CT molecular complexity index is 620. The van der Waals surface area contributed by atoms with Crippen molar-refractivity contribution < 1.29 is 18.1 Å². The van der Waals surface area contributed by atoms with Gasteiger partial charge in [0.2, 0.25) is 10.0 Å². The molecule has 0 radical (unpaired) electrons. The number of fused-ring (bicyclic) bond motifs is 1. The number of benzene rings is 1. The first kappa shape index (κ1) is 12.5. The summed E-state index contributed by atoms with van der Waals surface area (Å²) in [7, 11) is -3.87. The topological polar surface area (TPSA) is 102 Å². The molecule has 8 heteroatoms. The number of para-hydroxylation sites is 1. The third-order valence-electron chi connectivity index (χ3n) is 3.39. The normalized spacial score (nSPS) is 28.9. The van der Waals surface area contributed by atoms with Crippen LogP contribution in [0.3, 0.4) is 0 Å². The summed E-state index contributed by atoms with van der Waals surface area (Å²) < 4.78 is 32.1. The second kappa shape index (κ2) is 4.26. The van der Waals surface area contributed by atoms with E-state index in [4.69, 9.17) is 4.74 Å². The molecule has 1 aliphatic carbocycles. The Balaban J connectivity index is 1.85. The fraction of sp³-hybridized carbons (Fsp3) is 0.455. The van der Waals surface area contributed by atoms with Gasteiger partial charge in [-0.1, -0.05) is 12.1 Å². The Morgan fingerprint density at radius 1 is 1.26 bits per heavy atom. The first-order valence-corrected chi connectivity index (χ1v) is 7.37. The van der Waals surface area contributed by atoms with Gasteiger partial charge in [0.1, 0.15) is 0 Å². The van der Waals surface area contributed by atoms with Gasteiger partial charge in [0.05, 0.1) is 17.1 Å². The van der Waals surface area contributed by atoms with Gasteiger partial charge in [-0.05, 0) is 18.9 Å². The van der Waals surface area contributed by atoms with Crippen molar-refractivity contribution in [1.29, 1.82) is 0 Å². The van der Waals surface area contributed by atoms with Crippen molar-refractivity contribution >= 4 is 15.7 Å². The maximum Gasteiger partial charge on any atom is 0.289 e. The number of epoxide rings is 1. The molecule has 1 N–H and O–H groups in total. The molecule has 3 rings (SSSR count). The van der Waals surface area contributed by atoms with E-state index in [0.29, 0.717) is 12.8 Å². The number of rotatable bonds is 4. The molecular weight excluding hydrogens is 272 g/mol. The van der Waals surface area contributed by atoms with E-state index in [1.807, 2.05) is 0 Å². The number of nitro benzene ring substituents is 1. The highest BCUT2D eigenvalue weighted by atomic mass is 32.2. The van der Waals surface area contributed by atoms with Crippen molar-refractivity contribution in [2.45, 2.75) is 36.0 Å². The molecule has 1 aromatic carbocycles. The predicted molar refractivity (Wildman–Crippen MR) is 65.1 cm³/mol. The van der Waals surface area contributed by atoms with Crippen LogP contribution in [0.1, 0.15) is 12.8 Å². The molecule has 3 atom stereocenters. The molecule has 1 heterocycles. The summed E-state index contributed by atoms with van der Waals surface area (Å²) in [4.78, 5) is 9.88. The second-order valence-electron chi connectivity index (χ2n) is 4.73. The maximum atomic E-state index is 12.2. The Hall–Kier alpha value is -1.51. The summed E-state index contributed by atoms with van der Waals surface area (Å²) in [6.07, 6.45) is 1.56. The van der Waals surface area contributed by atoms with Gasteiger partial charge in [-0.25, -0.2) is 13.1 Å². The number of nitrogens with one attached hydrogen (secondary N) is 1. The smallest absolute Gasteiger partial charge is 0.289 e. The minimum absolute atomic E-state index is 0.151. The maximum absolute atomic E-state index is 12.2. The number of nitro groups is 1. The highest BCUT2D eigenvalue weighted by Crippen LogP contribution is 2.39. The summed E-state index contributed by atoms with van der Waals surface area (Å²) in [5.74, 6) is 0. The van der Waals surface area contributed by atoms with E-state index in [9.17, 15) is 18.5 Å². The minimum atomic E-state index is -3.87. The molecule has 2 aliphatic rings. The van der Waals surface area contributed by atoms with Gasteiger partial charge < -0.3 is 4.74 Å². The molecular formula is C11H12N2O5S. The van der Waals surface area contributed by atoms with Gasteiger partial charge in [0.25, 0.3) is 5.69 Å². The van der Waals surface area contributed by atoms with Gasteiger partial charge in [0.15, 0.2) is 4.90 Å². The minimum Gasteiger partial charge on any atom is -0.369 e. The largest absolute Gasteiger partial charge is 0.369 e. The van der Waals surface area contributed by atoms with Crippen molar-refractivity contribution in [3.8, 4) is 0 Å². The third kappa shape index (κ3) is 2.34. The van der Waals surface area contributed by atoms with E-state index in [1.165, 1.54) is 24.3 Å². The van der Waals surface area contributed by atoms with Crippen molar-refractivity contribution in [3.05, 3.63) is 34.4 Å². The van der Waals surface area contributed by atoms with E-state index in [1.54, 1.807) is 0 Å². The molecule has 7 nitrogen and oxygen atoms in total. The highest BCUT2D eigenvalue weighted by Gasteiger charge is 2.49. The van der Waals surface area contributed by atoms with E-state index < -0.39 is 20.6 Å². The summed E-state index contributed by atoms with van der Waals surface area (Å²) in [6, 6.07) is 5.14. The van der Waals surface area contributed by atoms with Crippen molar-refractivity contribution in [1.82, 2.24) is 4.72 Å². The lowest BCUT2D eigenvalue weighted by Gasteiger charge is -2.14. The molecule has 1 saturated carbocycles. The lowest BCUT2D eigenvalue weighted by atomic mass is 10.3. The second-order valence-corrected chi connectivity index (χ2v) is 6.41. The van der Waals surface area contributed by atoms with Gasteiger partial charge in [-0.15, -0.1) is 0 Å². The van der Waals surface area contributed by atoms with E-state index in [-0.39, 0.29) is 23.1 Å². The zero-order chi connectivity index (χ0) is 13.6. The van der Waals surface area contributed by atoms with Gasteiger partial charge in [-0.3, -0.25) is 10.1 Å². The molecule has 0 aromatic heterocycles.